The molecule has 1 aliphatic rings. The Morgan fingerprint density at radius 2 is 1.36 bits per heavy atom. The number of nitrogens with zero attached hydrogens (tertiary/aromatic N) is 11. The summed E-state index contributed by atoms with van der Waals surface area (Å²) in [7, 11) is -1.61. The van der Waals surface area contributed by atoms with Crippen molar-refractivity contribution in [2.45, 2.75) is 52.4 Å². The first-order valence-corrected chi connectivity index (χ1v) is 30.7. The molecule has 0 aliphatic carbocycles. The summed E-state index contributed by atoms with van der Waals surface area (Å²) in [6, 6.07) is 28.1. The van der Waals surface area contributed by atoms with Gasteiger partial charge in [-0.2, -0.15) is 10.2 Å². The van der Waals surface area contributed by atoms with Crippen LogP contribution in [0.2, 0.25) is 0 Å². The normalized spacial score (nSPS) is 13.7. The average molecular weight is 1220 g/mol. The summed E-state index contributed by atoms with van der Waals surface area (Å²) in [4.78, 5) is 51.3. The quantitative estimate of drug-likeness (QED) is 0.0389. The highest BCUT2D eigenvalue weighted by atomic mass is 32.2. The van der Waals surface area contributed by atoms with E-state index in [1.165, 1.54) is 24.3 Å². The number of carbonyl (C=O) groups excluding carboxylic acids is 1. The Labute approximate surface area is 507 Å². The molecule has 0 radical (unpaired) electrons. The van der Waals surface area contributed by atoms with Crippen LogP contribution in [0.3, 0.4) is 0 Å². The number of halogens is 4. The van der Waals surface area contributed by atoms with Gasteiger partial charge in [0.05, 0.1) is 64.8 Å². The van der Waals surface area contributed by atoms with Crippen molar-refractivity contribution in [3.8, 4) is 67.8 Å². The molecule has 9 heterocycles. The minimum atomic E-state index is -3.56. The molecule has 6 N–H and O–H groups in total. The van der Waals surface area contributed by atoms with Gasteiger partial charge in [-0.05, 0) is 120 Å². The summed E-state index contributed by atoms with van der Waals surface area (Å²) < 4.78 is 87.3. The van der Waals surface area contributed by atoms with Crippen LogP contribution < -0.4 is 15.4 Å². The third kappa shape index (κ3) is 12.8. The SMILES string of the molecule is CC(C)CC(=O)Nc1cncc(-c2ccc3[nH]nc(-c4nc5c(-c6cc(F)cc(NCCN(C)Cn7nc(-c8nc9c(-c%10cc(F)cc(CNS(C)(=O)=O)c%10)nccc9[nH]8)c8cc(-c9cncc(CN%10CCC(F)(F)C%10)c9)ccc87)c6)nccc5[nH]4)c3c2)c1. The van der Waals surface area contributed by atoms with E-state index in [9.17, 15) is 22.0 Å². The fraction of sp³-hybridized carbons (Fsp3) is 0.234. The summed E-state index contributed by atoms with van der Waals surface area (Å²) in [5.41, 5.74) is 12.2. The molecule has 452 valence electrons. The number of benzene rings is 4. The summed E-state index contributed by atoms with van der Waals surface area (Å²) in [6.45, 7) is 5.37. The molecule has 13 rings (SSSR count). The van der Waals surface area contributed by atoms with Crippen molar-refractivity contribution in [1.29, 1.82) is 0 Å². The number of pyridine rings is 4. The number of alkyl halides is 2. The van der Waals surface area contributed by atoms with E-state index < -0.39 is 27.6 Å². The summed E-state index contributed by atoms with van der Waals surface area (Å²) in [5, 5.41) is 20.8. The van der Waals surface area contributed by atoms with Crippen molar-refractivity contribution in [2.24, 2.45) is 5.92 Å². The zero-order valence-electron chi connectivity index (χ0n) is 48.7. The number of fused-ring (bicyclic) bond motifs is 4. The Bertz CT molecular complexity index is 4810. The lowest BCUT2D eigenvalue weighted by atomic mass is 10.0. The van der Waals surface area contributed by atoms with Gasteiger partial charge in [0.25, 0.3) is 5.92 Å². The molecule has 25 heteroatoms. The lowest BCUT2D eigenvalue weighted by molar-refractivity contribution is -0.116. The van der Waals surface area contributed by atoms with Gasteiger partial charge in [-0.3, -0.25) is 39.6 Å². The van der Waals surface area contributed by atoms with Gasteiger partial charge in [-0.1, -0.05) is 26.0 Å². The molecule has 0 spiro atoms. The van der Waals surface area contributed by atoms with Crippen molar-refractivity contribution >= 4 is 71.2 Å². The minimum Gasteiger partial charge on any atom is -0.384 e. The van der Waals surface area contributed by atoms with Crippen LogP contribution in [0.1, 0.15) is 37.8 Å². The number of anilines is 2. The Kier molecular flexibility index (Phi) is 15.5. The Hall–Kier alpha value is -9.82. The first-order valence-electron chi connectivity index (χ1n) is 28.8. The number of aromatic amines is 3. The van der Waals surface area contributed by atoms with E-state index >= 15 is 8.78 Å². The number of H-pyrrole nitrogens is 3. The second-order valence-electron chi connectivity index (χ2n) is 23.0. The standard InChI is InChI=1S/C64H59F4N17O3S/c1-36(2)17-55(86)75-48-24-44(31-70-32-48)39-5-7-51-49(25-39)58(81-80-51)62-76-52-9-13-73-57(61(52)78-62)42-22-46(66)27-47(23-42)71-14-16-83(3)35-85-54-8-6-40(43-19-38(28-69-30-43)33-84-15-11-64(67,68)34-84)26-50(54)59(82-85)63-77-53-10-12-72-56(60(53)79-63)41-18-37(20-45(65)21-41)29-74-89(4,87)88/h5-10,12-13,18-28,30-32,36,71,74H,11,14-17,29,33-35H2,1-4H3,(H,75,86)(H,76,78)(H,77,79)(H,80,81). The molecule has 20 nitrogen and oxygen atoms in total. The van der Waals surface area contributed by atoms with Crippen LogP contribution in [0.4, 0.5) is 28.9 Å². The third-order valence-corrected chi connectivity index (χ3v) is 16.1. The van der Waals surface area contributed by atoms with Crippen molar-refractivity contribution in [3.05, 3.63) is 157 Å². The van der Waals surface area contributed by atoms with E-state index in [-0.39, 0.29) is 37.9 Å². The molecule has 1 aliphatic heterocycles. The van der Waals surface area contributed by atoms with Gasteiger partial charge in [0.1, 0.15) is 34.1 Å². The largest absolute Gasteiger partial charge is 0.384 e. The summed E-state index contributed by atoms with van der Waals surface area (Å²) >= 11 is 0. The molecule has 89 heavy (non-hydrogen) atoms. The smallest absolute Gasteiger partial charge is 0.261 e. The monoisotopic (exact) mass is 1220 g/mol. The van der Waals surface area contributed by atoms with Crippen molar-refractivity contribution in [2.75, 3.05) is 50.1 Å². The summed E-state index contributed by atoms with van der Waals surface area (Å²) in [6.07, 6.45) is 11.3. The summed E-state index contributed by atoms with van der Waals surface area (Å²) in [5.74, 6) is -2.75. The van der Waals surface area contributed by atoms with E-state index in [0.717, 1.165) is 55.9 Å². The lowest BCUT2D eigenvalue weighted by Gasteiger charge is -2.18. The van der Waals surface area contributed by atoms with Gasteiger partial charge in [0, 0.05) is 115 Å². The van der Waals surface area contributed by atoms with Crippen LogP contribution in [0, 0.1) is 17.6 Å². The number of hydrogen-bond donors (Lipinski definition) is 6. The van der Waals surface area contributed by atoms with E-state index in [2.05, 4.69) is 60.4 Å². The van der Waals surface area contributed by atoms with E-state index in [1.54, 1.807) is 54.2 Å². The molecule has 1 fully saturated rings. The zero-order valence-corrected chi connectivity index (χ0v) is 49.5. The van der Waals surface area contributed by atoms with E-state index in [4.69, 9.17) is 15.1 Å². The molecule has 0 saturated carbocycles. The molecular formula is C64H59F4N17O3S. The van der Waals surface area contributed by atoms with Crippen LogP contribution in [0.5, 0.6) is 0 Å². The highest BCUT2D eigenvalue weighted by Crippen LogP contribution is 2.37. The maximum absolute atomic E-state index is 15.7. The number of likely N-dealkylation sites (tertiary alicyclic amines) is 1. The van der Waals surface area contributed by atoms with Crippen LogP contribution in [0.15, 0.2) is 134 Å². The van der Waals surface area contributed by atoms with Gasteiger partial charge in [-0.15, -0.1) is 0 Å². The molecule has 1 amide bonds. The molecule has 12 aromatic rings. The van der Waals surface area contributed by atoms with Crippen molar-refractivity contribution in [1.82, 2.24) is 74.4 Å². The predicted octanol–water partition coefficient (Wildman–Crippen LogP) is 11.4. The zero-order chi connectivity index (χ0) is 61.7. The number of aromatic nitrogens is 12. The van der Waals surface area contributed by atoms with Gasteiger partial charge in [-0.25, -0.2) is 45.4 Å². The van der Waals surface area contributed by atoms with Crippen LogP contribution in [-0.4, -0.2) is 129 Å². The molecule has 8 aromatic heterocycles. The molecule has 0 unspecified atom stereocenters. The molecule has 0 bridgehead atoms. The van der Waals surface area contributed by atoms with Gasteiger partial charge < -0.3 is 20.6 Å². The average Bonchev–Trinajstić information content (AvgIpc) is 2.30. The number of amides is 1. The fourth-order valence-corrected chi connectivity index (χ4v) is 11.8. The number of rotatable bonds is 20. The fourth-order valence-electron chi connectivity index (χ4n) is 11.3. The van der Waals surface area contributed by atoms with Crippen molar-refractivity contribution < 1.29 is 30.8 Å². The number of carbonyl (C=O) groups is 1. The predicted molar refractivity (Wildman–Crippen MR) is 335 cm³/mol. The number of hydrogen-bond acceptors (Lipinski definition) is 14. The lowest BCUT2D eigenvalue weighted by Crippen LogP contribution is -2.28. The first-order chi connectivity index (χ1) is 42.8. The van der Waals surface area contributed by atoms with E-state index in [0.29, 0.717) is 117 Å². The van der Waals surface area contributed by atoms with Crippen LogP contribution >= 0.6 is 0 Å². The maximum atomic E-state index is 15.7. The van der Waals surface area contributed by atoms with E-state index in [1.807, 2.05) is 86.2 Å². The number of nitrogens with one attached hydrogen (secondary N) is 6. The topological polar surface area (TPSA) is 249 Å². The number of imidazole rings is 2. The Morgan fingerprint density at radius 1 is 0.708 bits per heavy atom. The minimum absolute atomic E-state index is 0.0799. The second kappa shape index (κ2) is 23.7. The third-order valence-electron chi connectivity index (χ3n) is 15.4. The first kappa shape index (κ1) is 58.2. The Morgan fingerprint density at radius 3 is 2.07 bits per heavy atom. The maximum Gasteiger partial charge on any atom is 0.261 e. The Balaban J connectivity index is 0.754. The molecule has 4 aromatic carbocycles. The van der Waals surface area contributed by atoms with Gasteiger partial charge in [0.15, 0.2) is 11.6 Å². The second-order valence-corrected chi connectivity index (χ2v) is 24.9. The highest BCUT2D eigenvalue weighted by molar-refractivity contribution is 7.88. The number of sulfonamides is 1. The highest BCUT2D eigenvalue weighted by Gasteiger charge is 2.38. The van der Waals surface area contributed by atoms with Crippen LogP contribution in [0.25, 0.3) is 112 Å². The van der Waals surface area contributed by atoms with Crippen LogP contribution in [-0.2, 0) is 34.6 Å². The van der Waals surface area contributed by atoms with Gasteiger partial charge in [0.2, 0.25) is 15.9 Å². The number of likely N-dealkylation sites (N-methyl/N-ethyl adjacent to an activating group) is 1. The molecule has 1 saturated heterocycles. The van der Waals surface area contributed by atoms with Crippen molar-refractivity contribution in [3.63, 3.8) is 0 Å². The molecule has 0 atom stereocenters. The van der Waals surface area contributed by atoms with Gasteiger partial charge >= 0.3 is 0 Å². The molecular weight excluding hydrogens is 1160 g/mol.